The lowest BCUT2D eigenvalue weighted by Crippen LogP contribution is -2.40. The van der Waals surface area contributed by atoms with Crippen LogP contribution in [0.3, 0.4) is 0 Å². The van der Waals surface area contributed by atoms with Crippen LogP contribution in [0.15, 0.2) is 30.3 Å². The summed E-state index contributed by atoms with van der Waals surface area (Å²) in [6, 6.07) is 8.40. The van der Waals surface area contributed by atoms with Crippen LogP contribution in [0.25, 0.3) is 0 Å². The van der Waals surface area contributed by atoms with Crippen LogP contribution in [-0.2, 0) is 10.3 Å². The Hall–Kier alpha value is -1.45. The molecule has 0 aromatic heterocycles. The number of urea groups is 1. The van der Waals surface area contributed by atoms with Crippen molar-refractivity contribution in [3.05, 3.63) is 35.9 Å². The average molecular weight is 238 g/mol. The molecule has 16 heavy (non-hydrogen) atoms. The van der Waals surface area contributed by atoms with E-state index >= 15 is 0 Å². The lowest BCUT2D eigenvalue weighted by molar-refractivity contribution is -0.127. The lowest BCUT2D eigenvalue weighted by atomic mass is 9.92. The van der Waals surface area contributed by atoms with Crippen LogP contribution in [-0.4, -0.2) is 21.5 Å². The molecule has 1 aliphatic rings. The van der Waals surface area contributed by atoms with Gasteiger partial charge in [0.2, 0.25) is 0 Å². The predicted octanol–water partition coefficient (Wildman–Crippen LogP) is 0.954. The molecule has 0 spiro atoms. The van der Waals surface area contributed by atoms with Gasteiger partial charge in [0, 0.05) is 0 Å². The Labute approximate surface area is 94.4 Å². The van der Waals surface area contributed by atoms with Gasteiger partial charge in [0.05, 0.1) is 0 Å². The highest BCUT2D eigenvalue weighted by Crippen LogP contribution is 2.32. The Kier molecular flexibility index (Phi) is 2.66. The molecular formula is C10H11N2O3P. The van der Waals surface area contributed by atoms with Crippen molar-refractivity contribution in [2.75, 3.05) is 0 Å². The molecule has 2 N–H and O–H groups in total. The molecule has 1 aromatic rings. The molecular weight excluding hydrogens is 227 g/mol. The van der Waals surface area contributed by atoms with E-state index in [-0.39, 0.29) is 0 Å². The molecule has 1 aromatic carbocycles. The predicted molar refractivity (Wildman–Crippen MR) is 59.7 cm³/mol. The first-order valence-electron chi connectivity index (χ1n) is 4.71. The quantitative estimate of drug-likeness (QED) is 0.595. The van der Waals surface area contributed by atoms with Crippen molar-refractivity contribution < 1.29 is 14.5 Å². The first kappa shape index (κ1) is 11.0. The van der Waals surface area contributed by atoms with Gasteiger partial charge >= 0.3 is 6.03 Å². The zero-order chi connectivity index (χ0) is 11.8. The van der Waals surface area contributed by atoms with Crippen molar-refractivity contribution in [1.29, 1.82) is 0 Å². The van der Waals surface area contributed by atoms with Crippen molar-refractivity contribution in [2.45, 2.75) is 12.5 Å². The number of carbonyl (C=O) groups excluding carboxylic acids is 2. The molecule has 1 saturated heterocycles. The second-order valence-corrected chi connectivity index (χ2v) is 4.31. The highest BCUT2D eigenvalue weighted by atomic mass is 31.1. The third-order valence-corrected chi connectivity index (χ3v) is 3.25. The van der Waals surface area contributed by atoms with E-state index in [0.29, 0.717) is 5.56 Å². The maximum Gasteiger partial charge on any atom is 0.330 e. The first-order valence-corrected chi connectivity index (χ1v) is 5.61. The standard InChI is InChI=1S/C10H11N2O3P/c1-10(7-5-3-2-4-6-7)8(13)12(16-15)9(14)11-10/h2-6,15-16H,1H3,(H,11,14). The highest BCUT2D eigenvalue weighted by molar-refractivity contribution is 7.30. The van der Waals surface area contributed by atoms with Crippen molar-refractivity contribution >= 4 is 20.9 Å². The first-order chi connectivity index (χ1) is 7.59. The summed E-state index contributed by atoms with van der Waals surface area (Å²) in [5.41, 5.74) is -0.372. The van der Waals surface area contributed by atoms with Gasteiger partial charge in [0.1, 0.15) is 14.5 Å². The van der Waals surface area contributed by atoms with Crippen LogP contribution in [0.1, 0.15) is 12.5 Å². The van der Waals surface area contributed by atoms with Crippen LogP contribution in [0.4, 0.5) is 4.79 Å². The largest absolute Gasteiger partial charge is 0.357 e. The van der Waals surface area contributed by atoms with Crippen LogP contribution in [0, 0.1) is 0 Å². The van der Waals surface area contributed by atoms with E-state index in [1.165, 1.54) is 0 Å². The number of hydrogen-bond acceptors (Lipinski definition) is 3. The minimum absolute atomic E-state index is 0.426. The Balaban J connectivity index is 2.42. The van der Waals surface area contributed by atoms with E-state index in [1.54, 1.807) is 31.2 Å². The fraction of sp³-hybridized carbons (Fsp3) is 0.200. The number of imide groups is 1. The van der Waals surface area contributed by atoms with Crippen LogP contribution >= 0.6 is 8.96 Å². The topological polar surface area (TPSA) is 69.6 Å². The third-order valence-electron chi connectivity index (χ3n) is 2.64. The number of nitrogens with one attached hydrogen (secondary N) is 1. The minimum Gasteiger partial charge on any atom is -0.357 e. The molecule has 1 aliphatic heterocycles. The number of hydrogen-bond donors (Lipinski definition) is 2. The summed E-state index contributed by atoms with van der Waals surface area (Å²) >= 11 is 0. The molecule has 0 saturated carbocycles. The zero-order valence-corrected chi connectivity index (χ0v) is 9.60. The van der Waals surface area contributed by atoms with Gasteiger partial charge in [0.15, 0.2) is 0 Å². The molecule has 2 rings (SSSR count). The molecule has 2 atom stereocenters. The van der Waals surface area contributed by atoms with Gasteiger partial charge in [0.25, 0.3) is 5.91 Å². The summed E-state index contributed by atoms with van der Waals surface area (Å²) in [5.74, 6) is -0.426. The fourth-order valence-electron chi connectivity index (χ4n) is 1.70. The summed E-state index contributed by atoms with van der Waals surface area (Å²) in [4.78, 5) is 32.4. The summed E-state index contributed by atoms with van der Waals surface area (Å²) in [5, 5.41) is 2.58. The van der Waals surface area contributed by atoms with Gasteiger partial charge in [-0.3, -0.25) is 4.79 Å². The Morgan fingerprint density at radius 2 is 1.94 bits per heavy atom. The van der Waals surface area contributed by atoms with E-state index in [4.69, 9.17) is 4.89 Å². The Morgan fingerprint density at radius 3 is 2.44 bits per heavy atom. The van der Waals surface area contributed by atoms with Crippen LogP contribution < -0.4 is 5.32 Å². The Bertz CT molecular complexity index is 437. The third kappa shape index (κ3) is 1.49. The number of amides is 3. The summed E-state index contributed by atoms with van der Waals surface area (Å²) in [6.45, 7) is 1.63. The fourth-order valence-corrected chi connectivity index (χ4v) is 2.16. The van der Waals surface area contributed by atoms with E-state index in [0.717, 1.165) is 4.67 Å². The maximum atomic E-state index is 12.0. The molecule has 0 bridgehead atoms. The van der Waals surface area contributed by atoms with E-state index in [2.05, 4.69) is 5.32 Å². The van der Waals surface area contributed by atoms with Gasteiger partial charge in [-0.1, -0.05) is 30.3 Å². The second kappa shape index (κ2) is 3.85. The number of carbonyl (C=O) groups is 2. The molecule has 1 fully saturated rings. The molecule has 6 heteroatoms. The number of rotatable bonds is 2. The van der Waals surface area contributed by atoms with Crippen molar-refractivity contribution in [3.63, 3.8) is 0 Å². The van der Waals surface area contributed by atoms with E-state index < -0.39 is 26.4 Å². The lowest BCUT2D eigenvalue weighted by Gasteiger charge is -2.21. The van der Waals surface area contributed by atoms with Crippen LogP contribution in [0.5, 0.6) is 0 Å². The summed E-state index contributed by atoms with van der Waals surface area (Å²) < 4.78 is 0.812. The number of benzene rings is 1. The molecule has 1 heterocycles. The molecule has 3 amide bonds. The molecule has 2 unspecified atom stereocenters. The minimum atomic E-state index is -1.08. The maximum absolute atomic E-state index is 12.0. The molecule has 0 radical (unpaired) electrons. The van der Waals surface area contributed by atoms with Crippen LogP contribution in [0.2, 0.25) is 0 Å². The van der Waals surface area contributed by atoms with Crippen molar-refractivity contribution in [3.8, 4) is 0 Å². The second-order valence-electron chi connectivity index (χ2n) is 3.66. The van der Waals surface area contributed by atoms with Gasteiger partial charge < -0.3 is 10.2 Å². The summed E-state index contributed by atoms with van der Waals surface area (Å²) in [7, 11) is -0.845. The SMILES string of the molecule is CC1(c2ccccc2)NC(=O)N(PO)C1=O. The molecule has 5 nitrogen and oxygen atoms in total. The van der Waals surface area contributed by atoms with Gasteiger partial charge in [-0.15, -0.1) is 0 Å². The van der Waals surface area contributed by atoms with E-state index in [1.807, 2.05) is 6.07 Å². The average Bonchev–Trinajstić information content (AvgIpc) is 2.52. The van der Waals surface area contributed by atoms with Gasteiger partial charge in [-0.25, -0.2) is 9.46 Å². The van der Waals surface area contributed by atoms with Gasteiger partial charge in [-0.05, 0) is 12.5 Å². The number of nitrogens with zero attached hydrogens (tertiary/aromatic N) is 1. The Morgan fingerprint density at radius 1 is 1.31 bits per heavy atom. The molecule has 84 valence electrons. The summed E-state index contributed by atoms with van der Waals surface area (Å²) in [6.07, 6.45) is 0. The monoisotopic (exact) mass is 238 g/mol. The highest BCUT2D eigenvalue weighted by Gasteiger charge is 2.48. The van der Waals surface area contributed by atoms with E-state index in [9.17, 15) is 9.59 Å². The van der Waals surface area contributed by atoms with Gasteiger partial charge in [-0.2, -0.15) is 0 Å². The zero-order valence-electron chi connectivity index (χ0n) is 8.60. The molecule has 0 aliphatic carbocycles. The van der Waals surface area contributed by atoms with Crippen molar-refractivity contribution in [1.82, 2.24) is 9.99 Å². The van der Waals surface area contributed by atoms with Crippen molar-refractivity contribution in [2.24, 2.45) is 0 Å². The smallest absolute Gasteiger partial charge is 0.330 e. The normalized spacial score (nSPS) is 25.5.